The molecule has 0 aliphatic heterocycles. The zero-order chi connectivity index (χ0) is 19.4. The van der Waals surface area contributed by atoms with E-state index in [2.05, 4.69) is 20.8 Å². The first-order valence-electron chi connectivity index (χ1n) is 8.51. The fourth-order valence-corrected chi connectivity index (χ4v) is 3.18. The van der Waals surface area contributed by atoms with Crippen LogP contribution in [0.25, 0.3) is 10.6 Å². The number of amides is 2. The molecule has 6 nitrogen and oxygen atoms in total. The van der Waals surface area contributed by atoms with Gasteiger partial charge in [0.15, 0.2) is 0 Å². The van der Waals surface area contributed by atoms with Gasteiger partial charge in [0.2, 0.25) is 11.0 Å². The molecule has 0 spiro atoms. The number of rotatable bonds is 5. The molecular weight excluding hydrogens is 360 g/mol. The van der Waals surface area contributed by atoms with Gasteiger partial charge in [0.05, 0.1) is 0 Å². The van der Waals surface area contributed by atoms with Crippen molar-refractivity contribution in [1.29, 1.82) is 0 Å². The van der Waals surface area contributed by atoms with Gasteiger partial charge in [0.25, 0.3) is 5.91 Å². The summed E-state index contributed by atoms with van der Waals surface area (Å²) in [6, 6.07) is 14.4. The molecule has 2 aromatic carbocycles. The third kappa shape index (κ3) is 4.77. The number of hydrogen-bond donors (Lipinski definition) is 2. The normalized spacial score (nSPS) is 11.7. The zero-order valence-electron chi connectivity index (χ0n) is 15.3. The minimum Gasteiger partial charge on any atom is -0.341 e. The van der Waals surface area contributed by atoms with Gasteiger partial charge in [-0.1, -0.05) is 52.8 Å². The van der Waals surface area contributed by atoms with Crippen LogP contribution < -0.4 is 10.6 Å². The average molecular weight is 380 g/mol. The van der Waals surface area contributed by atoms with Gasteiger partial charge in [0.1, 0.15) is 11.0 Å². The maximum absolute atomic E-state index is 12.3. The Morgan fingerprint density at radius 2 is 1.74 bits per heavy atom. The van der Waals surface area contributed by atoms with Crippen LogP contribution in [0.1, 0.15) is 28.4 Å². The van der Waals surface area contributed by atoms with Gasteiger partial charge in [-0.3, -0.25) is 14.9 Å². The average Bonchev–Trinajstić information content (AvgIpc) is 3.10. The molecule has 0 saturated carbocycles. The van der Waals surface area contributed by atoms with E-state index in [-0.39, 0.29) is 11.8 Å². The topological polar surface area (TPSA) is 84.0 Å². The van der Waals surface area contributed by atoms with Crippen LogP contribution in [0.4, 0.5) is 5.13 Å². The van der Waals surface area contributed by atoms with Gasteiger partial charge in [0, 0.05) is 11.1 Å². The standard InChI is InChI=1S/C20H20N4O2S/c1-12-7-9-15(10-8-12)18(26)21-14(3)17(25)22-20-24-23-19(27-20)16-6-4-5-13(2)11-16/h4-11,14H,1-3H3,(H,21,26)(H,22,24,25)/t14-/m0/s1. The van der Waals surface area contributed by atoms with E-state index in [1.54, 1.807) is 19.1 Å². The molecule has 2 N–H and O–H groups in total. The van der Waals surface area contributed by atoms with E-state index < -0.39 is 6.04 Å². The third-order valence-electron chi connectivity index (χ3n) is 3.97. The Balaban J connectivity index is 1.61. The van der Waals surface area contributed by atoms with Crippen molar-refractivity contribution in [2.24, 2.45) is 0 Å². The molecule has 0 aliphatic rings. The lowest BCUT2D eigenvalue weighted by atomic mass is 10.1. The Kier molecular flexibility index (Phi) is 5.61. The summed E-state index contributed by atoms with van der Waals surface area (Å²) >= 11 is 1.29. The molecule has 0 fully saturated rings. The van der Waals surface area contributed by atoms with Crippen LogP contribution in [0.5, 0.6) is 0 Å². The van der Waals surface area contributed by atoms with E-state index in [1.807, 2.05) is 50.2 Å². The summed E-state index contributed by atoms with van der Waals surface area (Å²) in [5.41, 5.74) is 3.66. The molecule has 27 heavy (non-hydrogen) atoms. The highest BCUT2D eigenvalue weighted by Gasteiger charge is 2.18. The molecule has 3 aromatic rings. The molecule has 0 saturated heterocycles. The highest BCUT2D eigenvalue weighted by molar-refractivity contribution is 7.18. The van der Waals surface area contributed by atoms with E-state index >= 15 is 0 Å². The van der Waals surface area contributed by atoms with Crippen molar-refractivity contribution in [3.05, 3.63) is 65.2 Å². The van der Waals surface area contributed by atoms with Crippen molar-refractivity contribution >= 4 is 28.3 Å². The third-order valence-corrected chi connectivity index (χ3v) is 4.86. The van der Waals surface area contributed by atoms with Crippen LogP contribution in [0.3, 0.4) is 0 Å². The number of hydrogen-bond acceptors (Lipinski definition) is 5. The summed E-state index contributed by atoms with van der Waals surface area (Å²) < 4.78 is 0. The fraction of sp³-hybridized carbons (Fsp3) is 0.200. The van der Waals surface area contributed by atoms with Gasteiger partial charge in [-0.25, -0.2) is 0 Å². The summed E-state index contributed by atoms with van der Waals surface area (Å²) in [5.74, 6) is -0.641. The lowest BCUT2D eigenvalue weighted by Crippen LogP contribution is -2.41. The first-order chi connectivity index (χ1) is 12.9. The number of aryl methyl sites for hydroxylation is 2. The van der Waals surface area contributed by atoms with Gasteiger partial charge in [-0.05, 0) is 39.0 Å². The Hall–Kier alpha value is -3.06. The molecule has 7 heteroatoms. The second-order valence-corrected chi connectivity index (χ2v) is 7.31. The van der Waals surface area contributed by atoms with Crippen molar-refractivity contribution in [3.8, 4) is 10.6 Å². The SMILES string of the molecule is Cc1ccc(C(=O)N[C@@H](C)C(=O)Nc2nnc(-c3cccc(C)c3)s2)cc1. The van der Waals surface area contributed by atoms with Crippen molar-refractivity contribution in [1.82, 2.24) is 15.5 Å². The molecule has 0 radical (unpaired) electrons. The number of benzene rings is 2. The lowest BCUT2D eigenvalue weighted by molar-refractivity contribution is -0.117. The number of anilines is 1. The molecule has 3 rings (SSSR count). The number of nitrogens with zero attached hydrogens (tertiary/aromatic N) is 2. The first-order valence-corrected chi connectivity index (χ1v) is 9.33. The quantitative estimate of drug-likeness (QED) is 0.709. The largest absolute Gasteiger partial charge is 0.341 e. The molecule has 0 aliphatic carbocycles. The summed E-state index contributed by atoms with van der Waals surface area (Å²) in [6.45, 7) is 5.58. The number of carbonyl (C=O) groups excluding carboxylic acids is 2. The smallest absolute Gasteiger partial charge is 0.251 e. The summed E-state index contributed by atoms with van der Waals surface area (Å²) in [5, 5.41) is 14.7. The van der Waals surface area contributed by atoms with E-state index in [9.17, 15) is 9.59 Å². The van der Waals surface area contributed by atoms with Crippen LogP contribution in [-0.2, 0) is 4.79 Å². The van der Waals surface area contributed by atoms with Gasteiger partial charge >= 0.3 is 0 Å². The maximum Gasteiger partial charge on any atom is 0.251 e. The summed E-state index contributed by atoms with van der Waals surface area (Å²) in [4.78, 5) is 24.6. The van der Waals surface area contributed by atoms with E-state index in [0.29, 0.717) is 10.7 Å². The second kappa shape index (κ2) is 8.09. The minimum atomic E-state index is -0.704. The van der Waals surface area contributed by atoms with Crippen LogP contribution in [-0.4, -0.2) is 28.1 Å². The van der Waals surface area contributed by atoms with Gasteiger partial charge in [-0.15, -0.1) is 10.2 Å². The van der Waals surface area contributed by atoms with E-state index in [1.165, 1.54) is 11.3 Å². The second-order valence-electron chi connectivity index (χ2n) is 6.33. The molecule has 2 amide bonds. The minimum absolute atomic E-state index is 0.296. The number of nitrogens with one attached hydrogen (secondary N) is 2. The van der Waals surface area contributed by atoms with Crippen LogP contribution in [0, 0.1) is 13.8 Å². The van der Waals surface area contributed by atoms with Crippen LogP contribution in [0.15, 0.2) is 48.5 Å². The molecule has 1 heterocycles. The van der Waals surface area contributed by atoms with E-state index in [4.69, 9.17) is 0 Å². The molecule has 1 atom stereocenters. The predicted octanol–water partition coefficient (Wildman–Crippen LogP) is 3.58. The molecule has 138 valence electrons. The Labute approximate surface area is 161 Å². The Morgan fingerprint density at radius 3 is 2.44 bits per heavy atom. The number of aromatic nitrogens is 2. The molecule has 0 bridgehead atoms. The first kappa shape index (κ1) is 18.7. The summed E-state index contributed by atoms with van der Waals surface area (Å²) in [6.07, 6.45) is 0. The van der Waals surface area contributed by atoms with Crippen molar-refractivity contribution < 1.29 is 9.59 Å². The van der Waals surface area contributed by atoms with Crippen molar-refractivity contribution in [2.45, 2.75) is 26.8 Å². The monoisotopic (exact) mass is 380 g/mol. The summed E-state index contributed by atoms with van der Waals surface area (Å²) in [7, 11) is 0. The van der Waals surface area contributed by atoms with Gasteiger partial charge < -0.3 is 5.32 Å². The van der Waals surface area contributed by atoms with Gasteiger partial charge in [-0.2, -0.15) is 0 Å². The van der Waals surface area contributed by atoms with E-state index in [0.717, 1.165) is 21.7 Å². The highest BCUT2D eigenvalue weighted by atomic mass is 32.1. The molecule has 1 aromatic heterocycles. The highest BCUT2D eigenvalue weighted by Crippen LogP contribution is 2.26. The maximum atomic E-state index is 12.3. The number of carbonyl (C=O) groups is 2. The zero-order valence-corrected chi connectivity index (χ0v) is 16.1. The molecule has 0 unspecified atom stereocenters. The van der Waals surface area contributed by atoms with Crippen molar-refractivity contribution in [3.63, 3.8) is 0 Å². The van der Waals surface area contributed by atoms with Crippen LogP contribution in [0.2, 0.25) is 0 Å². The predicted molar refractivity (Wildman–Crippen MR) is 107 cm³/mol. The fourth-order valence-electron chi connectivity index (χ4n) is 2.43. The lowest BCUT2D eigenvalue weighted by Gasteiger charge is -2.12. The Morgan fingerprint density at radius 1 is 1.00 bits per heavy atom. The molecular formula is C20H20N4O2S. The van der Waals surface area contributed by atoms with Crippen LogP contribution >= 0.6 is 11.3 Å². The Bertz CT molecular complexity index is 966. The van der Waals surface area contributed by atoms with Crippen molar-refractivity contribution in [2.75, 3.05) is 5.32 Å².